The fourth-order valence-corrected chi connectivity index (χ4v) is 2.11. The third kappa shape index (κ3) is 3.31. The molecule has 0 aromatic heterocycles. The lowest BCUT2D eigenvalue weighted by molar-refractivity contribution is 0.264. The van der Waals surface area contributed by atoms with Gasteiger partial charge in [-0.15, -0.1) is 0 Å². The van der Waals surface area contributed by atoms with Crippen LogP contribution >= 0.6 is 0 Å². The van der Waals surface area contributed by atoms with Crippen molar-refractivity contribution in [3.63, 3.8) is 0 Å². The molecule has 4 heteroatoms. The highest BCUT2D eigenvalue weighted by molar-refractivity contribution is 6.46. The van der Waals surface area contributed by atoms with E-state index in [1.807, 2.05) is 0 Å². The highest BCUT2D eigenvalue weighted by Gasteiger charge is 2.20. The highest BCUT2D eigenvalue weighted by atomic mass is 28.3. The molecule has 1 unspecified atom stereocenters. The summed E-state index contributed by atoms with van der Waals surface area (Å²) in [5.74, 6) is 0. The van der Waals surface area contributed by atoms with E-state index in [-0.39, 0.29) is 5.67 Å². The zero-order valence-corrected chi connectivity index (χ0v) is 7.89. The normalized spacial score (nSPS) is 14.1. The Morgan fingerprint density at radius 3 is 2.20 bits per heavy atom. The van der Waals surface area contributed by atoms with Gasteiger partial charge in [-0.2, -0.15) is 0 Å². The van der Waals surface area contributed by atoms with Gasteiger partial charge in [-0.25, -0.2) is 0 Å². The van der Waals surface area contributed by atoms with Gasteiger partial charge in [0.25, 0.3) is 0 Å². The summed E-state index contributed by atoms with van der Waals surface area (Å²) in [6.07, 6.45) is 2.07. The van der Waals surface area contributed by atoms with E-state index in [0.717, 1.165) is 12.8 Å². The topological polar surface area (TPSA) is 44.5 Å². The summed E-state index contributed by atoms with van der Waals surface area (Å²) in [5.41, 5.74) is 5.85. The van der Waals surface area contributed by atoms with Crippen molar-refractivity contribution in [1.29, 1.82) is 0 Å². The van der Waals surface area contributed by atoms with Crippen molar-refractivity contribution in [2.75, 3.05) is 14.2 Å². The fraction of sp³-hybridized carbons (Fsp3) is 1.00. The van der Waals surface area contributed by atoms with Crippen LogP contribution in [0.5, 0.6) is 0 Å². The molecule has 1 atom stereocenters. The Hall–Kier alpha value is 0.0969. The van der Waals surface area contributed by atoms with Crippen molar-refractivity contribution < 1.29 is 8.85 Å². The van der Waals surface area contributed by atoms with E-state index in [0.29, 0.717) is 0 Å². The number of hydrogen-bond donors (Lipinski definition) is 1. The third-order valence-electron chi connectivity index (χ3n) is 1.30. The van der Waals surface area contributed by atoms with E-state index in [2.05, 4.69) is 6.92 Å². The minimum atomic E-state index is -1.19. The first-order chi connectivity index (χ1) is 4.76. The summed E-state index contributed by atoms with van der Waals surface area (Å²) in [6, 6.07) is 0. The summed E-state index contributed by atoms with van der Waals surface area (Å²) < 4.78 is 10.1. The summed E-state index contributed by atoms with van der Waals surface area (Å²) in [5, 5.41) is 0. The lowest BCUT2D eigenvalue weighted by atomic mass is 10.3. The van der Waals surface area contributed by atoms with Crippen molar-refractivity contribution >= 4 is 9.28 Å². The summed E-state index contributed by atoms with van der Waals surface area (Å²) in [4.78, 5) is 0. The van der Waals surface area contributed by atoms with Crippen molar-refractivity contribution in [3.05, 3.63) is 0 Å². The maximum absolute atomic E-state index is 5.74. The first kappa shape index (κ1) is 10.1. The maximum Gasteiger partial charge on any atom is 0.402 e. The van der Waals surface area contributed by atoms with Crippen LogP contribution in [0.1, 0.15) is 19.8 Å². The second kappa shape index (κ2) is 5.85. The van der Waals surface area contributed by atoms with Crippen LogP contribution in [-0.4, -0.2) is 29.2 Å². The summed E-state index contributed by atoms with van der Waals surface area (Å²) in [7, 11) is 2.11. The van der Waals surface area contributed by atoms with Crippen LogP contribution in [0.25, 0.3) is 0 Å². The van der Waals surface area contributed by atoms with Crippen LogP contribution in [0.4, 0.5) is 0 Å². The molecule has 2 N–H and O–H groups in total. The van der Waals surface area contributed by atoms with Gasteiger partial charge in [-0.05, 0) is 6.42 Å². The molecular formula is C6H16NO2Si. The van der Waals surface area contributed by atoms with E-state index < -0.39 is 9.28 Å². The minimum absolute atomic E-state index is 0.102. The van der Waals surface area contributed by atoms with Crippen molar-refractivity contribution in [2.24, 2.45) is 5.73 Å². The summed E-state index contributed by atoms with van der Waals surface area (Å²) in [6.45, 7) is 2.10. The average molecular weight is 162 g/mol. The van der Waals surface area contributed by atoms with Gasteiger partial charge in [0.05, 0.1) is 0 Å². The van der Waals surface area contributed by atoms with Gasteiger partial charge in [0.2, 0.25) is 0 Å². The van der Waals surface area contributed by atoms with Gasteiger partial charge in [0.1, 0.15) is 0 Å². The van der Waals surface area contributed by atoms with Gasteiger partial charge < -0.3 is 14.6 Å². The van der Waals surface area contributed by atoms with Crippen LogP contribution < -0.4 is 5.73 Å². The molecule has 3 nitrogen and oxygen atoms in total. The molecule has 0 amide bonds. The lowest BCUT2D eigenvalue weighted by Crippen LogP contribution is -2.42. The molecule has 1 radical (unpaired) electrons. The molecule has 0 aliphatic rings. The van der Waals surface area contributed by atoms with E-state index >= 15 is 0 Å². The van der Waals surface area contributed by atoms with Gasteiger partial charge in [-0.1, -0.05) is 13.3 Å². The molecule has 0 aliphatic heterocycles. The zero-order valence-electron chi connectivity index (χ0n) is 6.89. The molecule has 61 valence electrons. The van der Waals surface area contributed by atoms with Crippen molar-refractivity contribution in [1.82, 2.24) is 0 Å². The molecule has 0 heterocycles. The molecule has 0 saturated carbocycles. The molecule has 0 aliphatic carbocycles. The molecule has 0 spiro atoms. The van der Waals surface area contributed by atoms with E-state index in [1.165, 1.54) is 0 Å². The SMILES string of the molecule is CCCC(N)[Si](OC)OC. The Morgan fingerprint density at radius 2 is 1.90 bits per heavy atom. The Balaban J connectivity index is 3.53. The highest BCUT2D eigenvalue weighted by Crippen LogP contribution is 1.98. The monoisotopic (exact) mass is 162 g/mol. The first-order valence-corrected chi connectivity index (χ1v) is 4.86. The number of rotatable bonds is 5. The second-order valence-corrected chi connectivity index (χ2v) is 4.32. The second-order valence-electron chi connectivity index (χ2n) is 2.12. The number of hydrogen-bond acceptors (Lipinski definition) is 3. The predicted octanol–water partition coefficient (Wildman–Crippen LogP) is 0.434. The fourth-order valence-electron chi connectivity index (χ4n) is 0.815. The molecule has 0 saturated heterocycles. The van der Waals surface area contributed by atoms with Gasteiger partial charge >= 0.3 is 9.28 Å². The van der Waals surface area contributed by atoms with Gasteiger partial charge in [-0.3, -0.25) is 0 Å². The van der Waals surface area contributed by atoms with Crippen LogP contribution in [0, 0.1) is 0 Å². The summed E-state index contributed by atoms with van der Waals surface area (Å²) >= 11 is 0. The smallest absolute Gasteiger partial charge is 0.396 e. The van der Waals surface area contributed by atoms with Gasteiger partial charge in [0, 0.05) is 19.9 Å². The molecule has 10 heavy (non-hydrogen) atoms. The zero-order chi connectivity index (χ0) is 7.98. The predicted molar refractivity (Wildman–Crippen MR) is 42.7 cm³/mol. The Kier molecular flexibility index (Phi) is 5.91. The van der Waals surface area contributed by atoms with Crippen LogP contribution in [0.3, 0.4) is 0 Å². The first-order valence-electron chi connectivity index (χ1n) is 3.46. The van der Waals surface area contributed by atoms with E-state index in [4.69, 9.17) is 14.6 Å². The minimum Gasteiger partial charge on any atom is -0.396 e. The van der Waals surface area contributed by atoms with Crippen molar-refractivity contribution in [3.8, 4) is 0 Å². The lowest BCUT2D eigenvalue weighted by Gasteiger charge is -2.15. The molecule has 0 rings (SSSR count). The Labute approximate surface area is 64.4 Å². The quantitative estimate of drug-likeness (QED) is 0.596. The van der Waals surface area contributed by atoms with E-state index in [9.17, 15) is 0 Å². The largest absolute Gasteiger partial charge is 0.402 e. The average Bonchev–Trinajstić information content (AvgIpc) is 1.91. The number of nitrogens with two attached hydrogens (primary N) is 1. The van der Waals surface area contributed by atoms with Crippen LogP contribution in [-0.2, 0) is 8.85 Å². The molecule has 0 fully saturated rings. The molecule has 0 bridgehead atoms. The molecule has 0 aromatic carbocycles. The van der Waals surface area contributed by atoms with Crippen LogP contribution in [0.15, 0.2) is 0 Å². The van der Waals surface area contributed by atoms with E-state index in [1.54, 1.807) is 14.2 Å². The maximum atomic E-state index is 5.74. The third-order valence-corrected chi connectivity index (χ3v) is 3.00. The Bertz CT molecular complexity index is 78.1. The molecular weight excluding hydrogens is 146 g/mol. The molecule has 0 aromatic rings. The van der Waals surface area contributed by atoms with Gasteiger partial charge in [0.15, 0.2) is 0 Å². The van der Waals surface area contributed by atoms with Crippen LogP contribution in [0.2, 0.25) is 0 Å². The van der Waals surface area contributed by atoms with Crippen molar-refractivity contribution in [2.45, 2.75) is 25.4 Å². The standard InChI is InChI=1S/C6H16NO2Si/c1-4-5-6(7)10(8-2)9-3/h6H,4-5,7H2,1-3H3. The Morgan fingerprint density at radius 1 is 1.40 bits per heavy atom.